The molecule has 0 bridgehead atoms. The molecule has 0 saturated carbocycles. The highest BCUT2D eigenvalue weighted by molar-refractivity contribution is 7.08. The molecule has 2 atom stereocenters. The van der Waals surface area contributed by atoms with E-state index in [2.05, 4.69) is 5.32 Å². The Morgan fingerprint density at radius 2 is 1.95 bits per heavy atom. The number of halogens is 2. The van der Waals surface area contributed by atoms with Crippen LogP contribution in [0.1, 0.15) is 36.9 Å². The molecule has 3 N–H and O–H groups in total. The summed E-state index contributed by atoms with van der Waals surface area (Å²) in [6.45, 7) is 2.02. The van der Waals surface area contributed by atoms with Gasteiger partial charge >= 0.3 is 0 Å². The maximum absolute atomic E-state index is 12.2. The zero-order valence-electron chi connectivity index (χ0n) is 12.3. The summed E-state index contributed by atoms with van der Waals surface area (Å²) < 4.78 is 0. The van der Waals surface area contributed by atoms with Crippen molar-refractivity contribution in [1.82, 2.24) is 5.32 Å². The van der Waals surface area contributed by atoms with Gasteiger partial charge in [0, 0.05) is 5.02 Å². The third kappa shape index (κ3) is 4.99. The summed E-state index contributed by atoms with van der Waals surface area (Å²) in [5.74, 6) is -0.122. The van der Waals surface area contributed by atoms with Crippen molar-refractivity contribution in [2.45, 2.75) is 31.8 Å². The van der Waals surface area contributed by atoms with E-state index in [0.717, 1.165) is 17.5 Å². The van der Waals surface area contributed by atoms with Crippen LogP contribution in [0, 0.1) is 0 Å². The van der Waals surface area contributed by atoms with Crippen molar-refractivity contribution < 1.29 is 4.79 Å². The van der Waals surface area contributed by atoms with Gasteiger partial charge in [-0.25, -0.2) is 0 Å². The number of thiophene rings is 1. The van der Waals surface area contributed by atoms with Crippen molar-refractivity contribution in [2.24, 2.45) is 5.73 Å². The third-order valence-corrected chi connectivity index (χ3v) is 4.26. The van der Waals surface area contributed by atoms with E-state index in [9.17, 15) is 4.79 Å². The molecular formula is C16H20Cl2N2OS. The normalized spacial score (nSPS) is 13.0. The lowest BCUT2D eigenvalue weighted by molar-refractivity contribution is -0.123. The maximum Gasteiger partial charge on any atom is 0.237 e. The molecular weight excluding hydrogens is 339 g/mol. The van der Waals surface area contributed by atoms with E-state index in [1.807, 2.05) is 48.0 Å². The van der Waals surface area contributed by atoms with Crippen LogP contribution in [-0.2, 0) is 4.79 Å². The second kappa shape index (κ2) is 9.16. The molecule has 120 valence electrons. The van der Waals surface area contributed by atoms with Gasteiger partial charge in [-0.1, -0.05) is 37.1 Å². The predicted molar refractivity (Wildman–Crippen MR) is 95.9 cm³/mol. The van der Waals surface area contributed by atoms with Crippen molar-refractivity contribution >= 4 is 41.3 Å². The number of rotatable bonds is 6. The fraction of sp³-hybridized carbons (Fsp3) is 0.312. The summed E-state index contributed by atoms with van der Waals surface area (Å²) in [6.07, 6.45) is 1.57. The maximum atomic E-state index is 12.2. The molecule has 0 fully saturated rings. The Bertz CT molecular complexity index is 572. The van der Waals surface area contributed by atoms with Crippen LogP contribution in [0.2, 0.25) is 5.02 Å². The molecule has 1 heterocycles. The highest BCUT2D eigenvalue weighted by Gasteiger charge is 2.20. The zero-order chi connectivity index (χ0) is 15.2. The summed E-state index contributed by atoms with van der Waals surface area (Å²) in [7, 11) is 0. The molecule has 1 aromatic carbocycles. The Morgan fingerprint density at radius 3 is 2.50 bits per heavy atom. The predicted octanol–water partition coefficient (Wildman–Crippen LogP) is 4.16. The fourth-order valence-electron chi connectivity index (χ4n) is 2.14. The first-order chi connectivity index (χ1) is 10.1. The minimum absolute atomic E-state index is 0. The largest absolute Gasteiger partial charge is 0.344 e. The molecule has 2 unspecified atom stereocenters. The number of benzene rings is 1. The molecule has 0 aliphatic carbocycles. The monoisotopic (exact) mass is 358 g/mol. The van der Waals surface area contributed by atoms with Crippen LogP contribution in [0.25, 0.3) is 0 Å². The van der Waals surface area contributed by atoms with Crippen LogP contribution >= 0.6 is 35.3 Å². The lowest BCUT2D eigenvalue weighted by Crippen LogP contribution is -2.42. The number of amides is 1. The van der Waals surface area contributed by atoms with Gasteiger partial charge in [0.15, 0.2) is 0 Å². The van der Waals surface area contributed by atoms with Crippen LogP contribution in [-0.4, -0.2) is 11.9 Å². The Kier molecular flexibility index (Phi) is 7.90. The van der Waals surface area contributed by atoms with Crippen molar-refractivity contribution in [3.63, 3.8) is 0 Å². The number of hydrogen-bond acceptors (Lipinski definition) is 3. The quantitative estimate of drug-likeness (QED) is 0.814. The van der Waals surface area contributed by atoms with E-state index in [1.165, 1.54) is 0 Å². The topological polar surface area (TPSA) is 55.1 Å². The second-order valence-electron chi connectivity index (χ2n) is 4.95. The molecule has 3 nitrogen and oxygen atoms in total. The first-order valence-corrected chi connectivity index (χ1v) is 8.27. The van der Waals surface area contributed by atoms with Gasteiger partial charge in [0.2, 0.25) is 5.91 Å². The van der Waals surface area contributed by atoms with Crippen LogP contribution < -0.4 is 11.1 Å². The minimum atomic E-state index is -0.469. The van der Waals surface area contributed by atoms with Gasteiger partial charge in [-0.05, 0) is 46.5 Å². The molecule has 22 heavy (non-hydrogen) atoms. The molecule has 6 heteroatoms. The van der Waals surface area contributed by atoms with E-state index in [4.69, 9.17) is 17.3 Å². The number of carbonyl (C=O) groups excluding carboxylic acids is 1. The molecule has 1 aromatic heterocycles. The van der Waals surface area contributed by atoms with Crippen LogP contribution in [0.15, 0.2) is 41.1 Å². The first kappa shape index (κ1) is 19.0. The van der Waals surface area contributed by atoms with Crippen molar-refractivity contribution in [2.75, 3.05) is 0 Å². The lowest BCUT2D eigenvalue weighted by Gasteiger charge is -2.21. The van der Waals surface area contributed by atoms with E-state index in [-0.39, 0.29) is 24.4 Å². The number of nitrogens with one attached hydrogen (secondary N) is 1. The average molecular weight is 359 g/mol. The summed E-state index contributed by atoms with van der Waals surface area (Å²) in [4.78, 5) is 12.2. The van der Waals surface area contributed by atoms with E-state index < -0.39 is 6.04 Å². The number of hydrogen-bond donors (Lipinski definition) is 2. The van der Waals surface area contributed by atoms with Crippen LogP contribution in [0.4, 0.5) is 0 Å². The second-order valence-corrected chi connectivity index (χ2v) is 6.16. The molecule has 0 aliphatic rings. The van der Waals surface area contributed by atoms with Crippen molar-refractivity contribution in [1.29, 1.82) is 0 Å². The minimum Gasteiger partial charge on any atom is -0.344 e. The Hall–Kier alpha value is -1.07. The van der Waals surface area contributed by atoms with Gasteiger partial charge in [-0.3, -0.25) is 4.79 Å². The molecule has 1 amide bonds. The van der Waals surface area contributed by atoms with Crippen molar-refractivity contribution in [3.8, 4) is 0 Å². The SMILES string of the molecule is CCCC(N)C(=O)NC(c1ccc(Cl)cc1)c1ccsc1.Cl. The van der Waals surface area contributed by atoms with E-state index in [1.54, 1.807) is 11.3 Å². The number of nitrogens with two attached hydrogens (primary N) is 1. The third-order valence-electron chi connectivity index (χ3n) is 3.30. The molecule has 0 spiro atoms. The Labute approximate surface area is 146 Å². The van der Waals surface area contributed by atoms with Crippen molar-refractivity contribution in [3.05, 3.63) is 57.2 Å². The molecule has 2 rings (SSSR count). The highest BCUT2D eigenvalue weighted by atomic mass is 35.5. The van der Waals surface area contributed by atoms with Gasteiger partial charge in [0.05, 0.1) is 12.1 Å². The first-order valence-electron chi connectivity index (χ1n) is 6.95. The lowest BCUT2D eigenvalue weighted by atomic mass is 10.0. The average Bonchev–Trinajstić information content (AvgIpc) is 3.00. The fourth-order valence-corrected chi connectivity index (χ4v) is 2.96. The smallest absolute Gasteiger partial charge is 0.237 e. The molecule has 0 radical (unpaired) electrons. The van der Waals surface area contributed by atoms with E-state index in [0.29, 0.717) is 11.4 Å². The molecule has 2 aromatic rings. The van der Waals surface area contributed by atoms with Gasteiger partial charge in [0.25, 0.3) is 0 Å². The van der Waals surface area contributed by atoms with Crippen LogP contribution in [0.3, 0.4) is 0 Å². The summed E-state index contributed by atoms with van der Waals surface area (Å²) in [6, 6.07) is 8.86. The summed E-state index contributed by atoms with van der Waals surface area (Å²) in [5, 5.41) is 7.75. The number of carbonyl (C=O) groups is 1. The molecule has 0 aliphatic heterocycles. The standard InChI is InChI=1S/C16H19ClN2OS.ClH/c1-2-3-14(18)16(20)19-15(12-8-9-21-10-12)11-4-6-13(17)7-5-11;/h4-10,14-15H,2-3,18H2,1H3,(H,19,20);1H. The van der Waals surface area contributed by atoms with Gasteiger partial charge in [0.1, 0.15) is 0 Å². The highest BCUT2D eigenvalue weighted by Crippen LogP contribution is 2.25. The van der Waals surface area contributed by atoms with Gasteiger partial charge < -0.3 is 11.1 Å². The van der Waals surface area contributed by atoms with E-state index >= 15 is 0 Å². The zero-order valence-corrected chi connectivity index (χ0v) is 14.7. The van der Waals surface area contributed by atoms with Gasteiger partial charge in [-0.2, -0.15) is 11.3 Å². The Morgan fingerprint density at radius 1 is 1.27 bits per heavy atom. The summed E-state index contributed by atoms with van der Waals surface area (Å²) >= 11 is 7.54. The van der Waals surface area contributed by atoms with Gasteiger partial charge in [-0.15, -0.1) is 12.4 Å². The van der Waals surface area contributed by atoms with Crippen LogP contribution in [0.5, 0.6) is 0 Å². The molecule has 0 saturated heterocycles. The Balaban J connectivity index is 0.00000242. The summed E-state index contributed by atoms with van der Waals surface area (Å²) in [5.41, 5.74) is 7.95.